The number of carbonyl (C=O) groups excluding carboxylic acids is 3. The van der Waals surface area contributed by atoms with Crippen molar-refractivity contribution >= 4 is 34.8 Å². The fourth-order valence-electron chi connectivity index (χ4n) is 3.21. The van der Waals surface area contributed by atoms with Crippen molar-refractivity contribution in [3.8, 4) is 0 Å². The molecule has 0 radical (unpaired) electrons. The van der Waals surface area contributed by atoms with Crippen LogP contribution in [0.3, 0.4) is 0 Å². The van der Waals surface area contributed by atoms with Gasteiger partial charge in [-0.3, -0.25) is 14.4 Å². The van der Waals surface area contributed by atoms with E-state index in [4.69, 9.17) is 0 Å². The van der Waals surface area contributed by atoms with Gasteiger partial charge in [0.1, 0.15) is 5.82 Å². The van der Waals surface area contributed by atoms with Crippen molar-refractivity contribution in [2.75, 3.05) is 16.0 Å². The lowest BCUT2D eigenvalue weighted by molar-refractivity contribution is 0.101. The Hall–Kier alpha value is -4.78. The first-order valence-electron chi connectivity index (χ1n) is 10.4. The zero-order chi connectivity index (χ0) is 23.9. The molecular weight excluding hydrogens is 433 g/mol. The molecule has 0 bridgehead atoms. The van der Waals surface area contributed by atoms with Gasteiger partial charge >= 0.3 is 0 Å². The third-order valence-electron chi connectivity index (χ3n) is 4.91. The average Bonchev–Trinajstić information content (AvgIpc) is 2.85. The largest absolute Gasteiger partial charge is 0.322 e. The van der Waals surface area contributed by atoms with E-state index in [1.165, 1.54) is 24.3 Å². The summed E-state index contributed by atoms with van der Waals surface area (Å²) in [5, 5.41) is 8.14. The Labute approximate surface area is 195 Å². The summed E-state index contributed by atoms with van der Waals surface area (Å²) in [5.74, 6) is -1.50. The van der Waals surface area contributed by atoms with Gasteiger partial charge in [-0.05, 0) is 72.8 Å². The first-order valence-corrected chi connectivity index (χ1v) is 10.4. The highest BCUT2D eigenvalue weighted by Crippen LogP contribution is 2.17. The Bertz CT molecular complexity index is 1340. The Kier molecular flexibility index (Phi) is 6.74. The molecule has 0 unspecified atom stereocenters. The van der Waals surface area contributed by atoms with Gasteiger partial charge in [0.05, 0.1) is 0 Å². The van der Waals surface area contributed by atoms with Gasteiger partial charge in [0.25, 0.3) is 17.7 Å². The van der Waals surface area contributed by atoms with Crippen LogP contribution in [0.25, 0.3) is 0 Å². The van der Waals surface area contributed by atoms with Crippen LogP contribution in [0.5, 0.6) is 0 Å². The fourth-order valence-corrected chi connectivity index (χ4v) is 3.21. The second-order valence-electron chi connectivity index (χ2n) is 7.40. The van der Waals surface area contributed by atoms with E-state index in [0.29, 0.717) is 33.8 Å². The Morgan fingerprint density at radius 1 is 0.471 bits per heavy atom. The molecule has 0 saturated carbocycles. The lowest BCUT2D eigenvalue weighted by Gasteiger charge is -2.10. The summed E-state index contributed by atoms with van der Waals surface area (Å²) in [5.41, 5.74) is 2.54. The van der Waals surface area contributed by atoms with E-state index in [9.17, 15) is 18.8 Å². The minimum atomic E-state index is -0.454. The summed E-state index contributed by atoms with van der Waals surface area (Å²) in [7, 11) is 0. The second kappa shape index (κ2) is 10.2. The highest BCUT2D eigenvalue weighted by molar-refractivity contribution is 6.08. The number of hydrogen-bond acceptors (Lipinski definition) is 3. The topological polar surface area (TPSA) is 87.3 Å². The molecule has 0 aliphatic carbocycles. The van der Waals surface area contributed by atoms with Crippen LogP contribution in [0.1, 0.15) is 31.1 Å². The molecule has 3 N–H and O–H groups in total. The summed E-state index contributed by atoms with van der Waals surface area (Å²) in [6, 6.07) is 27.3. The van der Waals surface area contributed by atoms with Gasteiger partial charge in [-0.2, -0.15) is 0 Å². The molecule has 34 heavy (non-hydrogen) atoms. The SMILES string of the molecule is O=C(Nc1ccc(C(=O)Nc2cccc(C(=O)Nc3cccc(F)c3)c2)cc1)c1ccccc1. The zero-order valence-corrected chi connectivity index (χ0v) is 17.9. The quantitative estimate of drug-likeness (QED) is 0.356. The zero-order valence-electron chi connectivity index (χ0n) is 17.9. The van der Waals surface area contributed by atoms with Crippen LogP contribution in [0.4, 0.5) is 21.5 Å². The van der Waals surface area contributed by atoms with Crippen molar-refractivity contribution in [1.82, 2.24) is 0 Å². The normalized spacial score (nSPS) is 10.3. The van der Waals surface area contributed by atoms with Gasteiger partial charge in [-0.25, -0.2) is 4.39 Å². The van der Waals surface area contributed by atoms with Crippen molar-refractivity contribution < 1.29 is 18.8 Å². The Balaban J connectivity index is 1.39. The smallest absolute Gasteiger partial charge is 0.255 e. The first-order chi connectivity index (χ1) is 16.5. The van der Waals surface area contributed by atoms with E-state index in [2.05, 4.69) is 16.0 Å². The van der Waals surface area contributed by atoms with Crippen LogP contribution >= 0.6 is 0 Å². The van der Waals surface area contributed by atoms with E-state index in [-0.39, 0.29) is 11.8 Å². The van der Waals surface area contributed by atoms with Crippen LogP contribution in [-0.2, 0) is 0 Å². The summed E-state index contributed by atoms with van der Waals surface area (Å²) >= 11 is 0. The van der Waals surface area contributed by atoms with Crippen molar-refractivity contribution in [1.29, 1.82) is 0 Å². The molecule has 0 heterocycles. The Morgan fingerprint density at radius 3 is 1.62 bits per heavy atom. The van der Waals surface area contributed by atoms with E-state index in [0.717, 1.165) is 0 Å². The lowest BCUT2D eigenvalue weighted by Crippen LogP contribution is -2.15. The number of nitrogens with one attached hydrogen (secondary N) is 3. The molecule has 4 aromatic rings. The van der Waals surface area contributed by atoms with Gasteiger partial charge in [0.15, 0.2) is 0 Å². The minimum Gasteiger partial charge on any atom is -0.322 e. The summed E-state index contributed by atoms with van der Waals surface area (Å²) < 4.78 is 13.3. The molecule has 4 rings (SSSR count). The van der Waals surface area contributed by atoms with Crippen LogP contribution in [0, 0.1) is 5.82 Å². The van der Waals surface area contributed by atoms with Crippen molar-refractivity contribution in [3.05, 3.63) is 126 Å². The number of halogens is 1. The van der Waals surface area contributed by atoms with Crippen molar-refractivity contribution in [2.45, 2.75) is 0 Å². The van der Waals surface area contributed by atoms with Crippen LogP contribution in [-0.4, -0.2) is 17.7 Å². The lowest BCUT2D eigenvalue weighted by atomic mass is 10.1. The molecule has 3 amide bonds. The molecule has 0 saturated heterocycles. The number of amides is 3. The highest BCUT2D eigenvalue weighted by atomic mass is 19.1. The number of rotatable bonds is 6. The predicted molar refractivity (Wildman–Crippen MR) is 130 cm³/mol. The monoisotopic (exact) mass is 453 g/mol. The van der Waals surface area contributed by atoms with E-state index >= 15 is 0 Å². The third kappa shape index (κ3) is 5.72. The van der Waals surface area contributed by atoms with Crippen LogP contribution < -0.4 is 16.0 Å². The highest BCUT2D eigenvalue weighted by Gasteiger charge is 2.11. The maximum absolute atomic E-state index is 13.3. The van der Waals surface area contributed by atoms with Crippen molar-refractivity contribution in [3.63, 3.8) is 0 Å². The standard InChI is InChI=1S/C27H20FN3O3/c28-21-9-5-11-24(17-21)31-27(34)20-8-4-10-23(16-20)30-26(33)19-12-14-22(15-13-19)29-25(32)18-6-2-1-3-7-18/h1-17H,(H,29,32)(H,30,33)(H,31,34). The number of hydrogen-bond donors (Lipinski definition) is 3. The molecule has 0 aromatic heterocycles. The second-order valence-corrected chi connectivity index (χ2v) is 7.40. The number of carbonyl (C=O) groups is 3. The van der Waals surface area contributed by atoms with Gasteiger partial charge < -0.3 is 16.0 Å². The maximum Gasteiger partial charge on any atom is 0.255 e. The van der Waals surface area contributed by atoms with Crippen LogP contribution in [0.2, 0.25) is 0 Å². The first kappa shape index (κ1) is 22.4. The molecule has 4 aromatic carbocycles. The fraction of sp³-hybridized carbons (Fsp3) is 0. The molecule has 0 aliphatic rings. The molecule has 0 spiro atoms. The molecule has 6 nitrogen and oxygen atoms in total. The van der Waals surface area contributed by atoms with E-state index < -0.39 is 11.7 Å². The summed E-state index contributed by atoms with van der Waals surface area (Å²) in [6.45, 7) is 0. The Morgan fingerprint density at radius 2 is 0.971 bits per heavy atom. The molecule has 0 atom stereocenters. The van der Waals surface area contributed by atoms with Crippen molar-refractivity contribution in [2.24, 2.45) is 0 Å². The van der Waals surface area contributed by atoms with Gasteiger partial charge in [-0.1, -0.05) is 30.3 Å². The van der Waals surface area contributed by atoms with Crippen LogP contribution in [0.15, 0.2) is 103 Å². The third-order valence-corrected chi connectivity index (χ3v) is 4.91. The molecule has 0 aliphatic heterocycles. The predicted octanol–water partition coefficient (Wildman–Crippen LogP) is 5.58. The van der Waals surface area contributed by atoms with Gasteiger partial charge in [0, 0.05) is 33.8 Å². The number of benzene rings is 4. The van der Waals surface area contributed by atoms with Gasteiger partial charge in [0.2, 0.25) is 0 Å². The molecule has 168 valence electrons. The molecular formula is C27H20FN3O3. The van der Waals surface area contributed by atoms with E-state index in [1.54, 1.807) is 72.8 Å². The maximum atomic E-state index is 13.3. The van der Waals surface area contributed by atoms with Gasteiger partial charge in [-0.15, -0.1) is 0 Å². The molecule has 0 fully saturated rings. The molecule has 7 heteroatoms. The minimum absolute atomic E-state index is 0.244. The average molecular weight is 453 g/mol. The summed E-state index contributed by atoms with van der Waals surface area (Å²) in [6.07, 6.45) is 0. The van der Waals surface area contributed by atoms with E-state index in [1.807, 2.05) is 6.07 Å². The number of anilines is 3. The summed E-state index contributed by atoms with van der Waals surface area (Å²) in [4.78, 5) is 37.4.